The van der Waals surface area contributed by atoms with E-state index in [4.69, 9.17) is 16.4 Å². The summed E-state index contributed by atoms with van der Waals surface area (Å²) in [6.45, 7) is 1.93. The van der Waals surface area contributed by atoms with E-state index in [1.165, 1.54) is 11.8 Å². The van der Waals surface area contributed by atoms with Crippen molar-refractivity contribution in [2.24, 2.45) is 5.16 Å². The summed E-state index contributed by atoms with van der Waals surface area (Å²) in [7, 11) is 0. The van der Waals surface area contributed by atoms with Crippen LogP contribution in [-0.4, -0.2) is 18.7 Å². The number of oxime groups is 1. The number of benzene rings is 2. The lowest BCUT2D eigenvalue weighted by atomic mass is 10.1. The van der Waals surface area contributed by atoms with Crippen LogP contribution in [0.3, 0.4) is 0 Å². The highest BCUT2D eigenvalue weighted by molar-refractivity contribution is 6.30. The van der Waals surface area contributed by atoms with Gasteiger partial charge in [-0.05, 0) is 41.8 Å². The van der Waals surface area contributed by atoms with Crippen molar-refractivity contribution in [3.63, 3.8) is 0 Å². The van der Waals surface area contributed by atoms with Gasteiger partial charge >= 0.3 is 0 Å². The van der Waals surface area contributed by atoms with E-state index in [0.29, 0.717) is 5.02 Å². The first-order valence-corrected chi connectivity index (χ1v) is 7.35. The number of hydrogen-bond donors (Lipinski definition) is 1. The first kappa shape index (κ1) is 16.0. The standard InChI is InChI=1S/C17H17ClN2O2/c1-2-13-4-3-5-16(10-13)20-17(21)12-22-19-11-14-6-8-15(18)9-7-14/h3-11H,2,12H2,1H3,(H,20,21)/b19-11-. The molecule has 4 nitrogen and oxygen atoms in total. The van der Waals surface area contributed by atoms with E-state index in [9.17, 15) is 4.79 Å². The van der Waals surface area contributed by atoms with Crippen LogP contribution in [0.4, 0.5) is 5.69 Å². The number of hydrogen-bond acceptors (Lipinski definition) is 3. The smallest absolute Gasteiger partial charge is 0.265 e. The Bertz CT molecular complexity index is 654. The van der Waals surface area contributed by atoms with Crippen LogP contribution in [0.15, 0.2) is 53.7 Å². The first-order valence-electron chi connectivity index (χ1n) is 6.97. The maximum absolute atomic E-state index is 11.7. The number of amides is 1. The summed E-state index contributed by atoms with van der Waals surface area (Å²) in [6, 6.07) is 14.9. The van der Waals surface area contributed by atoms with E-state index >= 15 is 0 Å². The Morgan fingerprint density at radius 3 is 2.77 bits per heavy atom. The van der Waals surface area contributed by atoms with Gasteiger partial charge in [0.1, 0.15) is 0 Å². The van der Waals surface area contributed by atoms with E-state index in [1.54, 1.807) is 12.1 Å². The lowest BCUT2D eigenvalue weighted by molar-refractivity contribution is -0.120. The molecule has 0 heterocycles. The van der Waals surface area contributed by atoms with E-state index in [1.807, 2.05) is 36.4 Å². The number of nitrogens with one attached hydrogen (secondary N) is 1. The van der Waals surface area contributed by atoms with Gasteiger partial charge in [0.15, 0.2) is 6.61 Å². The zero-order valence-corrected chi connectivity index (χ0v) is 13.0. The Kier molecular flexibility index (Phi) is 5.98. The summed E-state index contributed by atoms with van der Waals surface area (Å²) < 4.78 is 0. The van der Waals surface area contributed by atoms with Crippen molar-refractivity contribution in [2.75, 3.05) is 11.9 Å². The molecule has 1 N–H and O–H groups in total. The van der Waals surface area contributed by atoms with Gasteiger partial charge in [0, 0.05) is 10.7 Å². The third kappa shape index (κ3) is 5.22. The molecule has 0 spiro atoms. The van der Waals surface area contributed by atoms with Crippen LogP contribution >= 0.6 is 11.6 Å². The topological polar surface area (TPSA) is 50.7 Å². The van der Waals surface area contributed by atoms with Crippen LogP contribution in [0.1, 0.15) is 18.1 Å². The van der Waals surface area contributed by atoms with Gasteiger partial charge in [-0.1, -0.05) is 47.9 Å². The molecule has 0 aromatic heterocycles. The zero-order chi connectivity index (χ0) is 15.8. The minimum Gasteiger partial charge on any atom is -0.386 e. The molecule has 114 valence electrons. The number of carbonyl (C=O) groups is 1. The van der Waals surface area contributed by atoms with Crippen LogP contribution in [0, 0.1) is 0 Å². The molecule has 1 amide bonds. The highest BCUT2D eigenvalue weighted by Crippen LogP contribution is 2.11. The molecule has 0 saturated carbocycles. The summed E-state index contributed by atoms with van der Waals surface area (Å²) in [4.78, 5) is 16.7. The Morgan fingerprint density at radius 2 is 2.05 bits per heavy atom. The van der Waals surface area contributed by atoms with Crippen LogP contribution in [0.2, 0.25) is 5.02 Å². The van der Waals surface area contributed by atoms with Crippen LogP contribution in [0.25, 0.3) is 0 Å². The van der Waals surface area contributed by atoms with Crippen molar-refractivity contribution >= 4 is 29.4 Å². The summed E-state index contributed by atoms with van der Waals surface area (Å²) in [6.07, 6.45) is 2.45. The second kappa shape index (κ2) is 8.20. The third-order valence-corrected chi connectivity index (χ3v) is 3.21. The quantitative estimate of drug-likeness (QED) is 0.649. The van der Waals surface area contributed by atoms with E-state index in [2.05, 4.69) is 17.4 Å². The summed E-state index contributed by atoms with van der Waals surface area (Å²) in [5.41, 5.74) is 2.77. The van der Waals surface area contributed by atoms with Crippen molar-refractivity contribution < 1.29 is 9.63 Å². The van der Waals surface area contributed by atoms with Crippen molar-refractivity contribution in [3.05, 3.63) is 64.7 Å². The molecule has 0 radical (unpaired) electrons. The molecule has 0 fully saturated rings. The van der Waals surface area contributed by atoms with Crippen molar-refractivity contribution in [1.29, 1.82) is 0 Å². The number of nitrogens with zero attached hydrogens (tertiary/aromatic N) is 1. The fourth-order valence-corrected chi connectivity index (χ4v) is 1.93. The maximum Gasteiger partial charge on any atom is 0.265 e. The largest absolute Gasteiger partial charge is 0.386 e. The number of rotatable bonds is 6. The highest BCUT2D eigenvalue weighted by Gasteiger charge is 2.02. The highest BCUT2D eigenvalue weighted by atomic mass is 35.5. The predicted molar refractivity (Wildman–Crippen MR) is 89.4 cm³/mol. The molecule has 22 heavy (non-hydrogen) atoms. The van der Waals surface area contributed by atoms with Gasteiger partial charge < -0.3 is 10.2 Å². The summed E-state index contributed by atoms with van der Waals surface area (Å²) >= 11 is 5.78. The van der Waals surface area contributed by atoms with Crippen LogP contribution in [-0.2, 0) is 16.1 Å². The SMILES string of the molecule is CCc1cccc(NC(=O)CO/N=C\c2ccc(Cl)cc2)c1. The van der Waals surface area contributed by atoms with Gasteiger partial charge in [-0.25, -0.2) is 0 Å². The molecule has 0 unspecified atom stereocenters. The molecule has 0 saturated heterocycles. The average molecular weight is 317 g/mol. The average Bonchev–Trinajstić information content (AvgIpc) is 2.53. The third-order valence-electron chi connectivity index (χ3n) is 2.96. The Morgan fingerprint density at radius 1 is 1.27 bits per heavy atom. The maximum atomic E-state index is 11.7. The minimum atomic E-state index is -0.249. The number of halogens is 1. The Hall–Kier alpha value is -2.33. The van der Waals surface area contributed by atoms with Gasteiger partial charge in [0.05, 0.1) is 6.21 Å². The van der Waals surface area contributed by atoms with Gasteiger partial charge in [0.2, 0.25) is 0 Å². The monoisotopic (exact) mass is 316 g/mol. The first-order chi connectivity index (χ1) is 10.7. The van der Waals surface area contributed by atoms with Crippen LogP contribution in [0.5, 0.6) is 0 Å². The lowest BCUT2D eigenvalue weighted by Gasteiger charge is -2.05. The number of aryl methyl sites for hydroxylation is 1. The molecule has 0 bridgehead atoms. The normalized spacial score (nSPS) is 10.6. The molecule has 2 aromatic rings. The molecule has 2 aromatic carbocycles. The van der Waals surface area contributed by atoms with Crippen molar-refractivity contribution in [2.45, 2.75) is 13.3 Å². The summed E-state index contributed by atoms with van der Waals surface area (Å²) in [5, 5.41) is 7.18. The Labute approximate surface area is 134 Å². The van der Waals surface area contributed by atoms with E-state index < -0.39 is 0 Å². The zero-order valence-electron chi connectivity index (χ0n) is 12.3. The molecular weight excluding hydrogens is 300 g/mol. The minimum absolute atomic E-state index is 0.138. The predicted octanol–water partition coefficient (Wildman–Crippen LogP) is 3.89. The second-order valence-corrected chi connectivity index (χ2v) is 5.10. The van der Waals surface area contributed by atoms with Gasteiger partial charge in [-0.15, -0.1) is 0 Å². The van der Waals surface area contributed by atoms with Gasteiger partial charge in [0.25, 0.3) is 5.91 Å². The molecule has 0 aliphatic heterocycles. The molecular formula is C17H17ClN2O2. The van der Waals surface area contributed by atoms with E-state index in [0.717, 1.165) is 17.7 Å². The fraction of sp³-hybridized carbons (Fsp3) is 0.176. The van der Waals surface area contributed by atoms with Crippen LogP contribution < -0.4 is 5.32 Å². The Balaban J connectivity index is 1.78. The number of carbonyl (C=O) groups excluding carboxylic acids is 1. The molecule has 0 aliphatic carbocycles. The second-order valence-electron chi connectivity index (χ2n) is 4.66. The summed E-state index contributed by atoms with van der Waals surface area (Å²) in [5.74, 6) is -0.249. The van der Waals surface area contributed by atoms with Crippen molar-refractivity contribution in [3.8, 4) is 0 Å². The van der Waals surface area contributed by atoms with Gasteiger partial charge in [-0.2, -0.15) is 0 Å². The fourth-order valence-electron chi connectivity index (χ4n) is 1.81. The lowest BCUT2D eigenvalue weighted by Crippen LogP contribution is -2.17. The van der Waals surface area contributed by atoms with E-state index in [-0.39, 0.29) is 12.5 Å². The number of anilines is 1. The molecule has 5 heteroatoms. The van der Waals surface area contributed by atoms with Gasteiger partial charge in [-0.3, -0.25) is 4.79 Å². The molecule has 0 atom stereocenters. The molecule has 2 rings (SSSR count). The molecule has 0 aliphatic rings. The van der Waals surface area contributed by atoms with Crippen molar-refractivity contribution in [1.82, 2.24) is 0 Å².